The number of imide groups is 1. The number of rotatable bonds is 3. The molecule has 2 aliphatic heterocycles. The fourth-order valence-corrected chi connectivity index (χ4v) is 5.36. The average Bonchev–Trinajstić information content (AvgIpc) is 3.44. The zero-order valence-electron chi connectivity index (χ0n) is 18.3. The summed E-state index contributed by atoms with van der Waals surface area (Å²) in [6.07, 6.45) is 2.35. The lowest BCUT2D eigenvalue weighted by molar-refractivity contribution is -0.126. The molecule has 6 nitrogen and oxygen atoms in total. The van der Waals surface area contributed by atoms with Crippen LogP contribution in [0.1, 0.15) is 26.3 Å². The summed E-state index contributed by atoms with van der Waals surface area (Å²) in [6.45, 7) is 0. The monoisotopic (exact) mass is 467 g/mol. The highest BCUT2D eigenvalue weighted by atomic mass is 19.1. The van der Waals surface area contributed by atoms with Gasteiger partial charge < -0.3 is 4.74 Å². The first-order valence-corrected chi connectivity index (χ1v) is 11.2. The van der Waals surface area contributed by atoms with E-state index in [-0.39, 0.29) is 16.8 Å². The zero-order chi connectivity index (χ0) is 24.3. The SMILES string of the molecule is O=C1[C@H]2[C@@H](/C=C/c3ccccc3)OC3(C(=O)c4ccccc4C3=O)[C@H]2C(=O)N1c1ccc(F)cc1. The third-order valence-corrected chi connectivity index (χ3v) is 6.92. The van der Waals surface area contributed by atoms with Crippen molar-refractivity contribution in [3.8, 4) is 0 Å². The van der Waals surface area contributed by atoms with Crippen molar-refractivity contribution in [2.75, 3.05) is 4.90 Å². The quantitative estimate of drug-likeness (QED) is 0.432. The summed E-state index contributed by atoms with van der Waals surface area (Å²) in [5.41, 5.74) is -0.782. The highest BCUT2D eigenvalue weighted by Gasteiger charge is 2.74. The Hall–Kier alpha value is -4.23. The number of benzene rings is 3. The van der Waals surface area contributed by atoms with Crippen LogP contribution in [-0.2, 0) is 14.3 Å². The lowest BCUT2D eigenvalue weighted by Crippen LogP contribution is -2.51. The van der Waals surface area contributed by atoms with Crippen LogP contribution in [0.25, 0.3) is 6.08 Å². The van der Waals surface area contributed by atoms with Gasteiger partial charge in [0.25, 0.3) is 0 Å². The molecule has 2 saturated heterocycles. The molecule has 1 aliphatic carbocycles. The summed E-state index contributed by atoms with van der Waals surface area (Å²) < 4.78 is 19.6. The van der Waals surface area contributed by atoms with E-state index < -0.39 is 52.7 Å². The maximum absolute atomic E-state index is 13.7. The molecule has 0 bridgehead atoms. The first-order valence-electron chi connectivity index (χ1n) is 11.2. The number of hydrogen-bond acceptors (Lipinski definition) is 5. The summed E-state index contributed by atoms with van der Waals surface area (Å²) in [7, 11) is 0. The van der Waals surface area contributed by atoms with E-state index in [1.807, 2.05) is 30.3 Å². The number of halogens is 1. The topological polar surface area (TPSA) is 80.8 Å². The van der Waals surface area contributed by atoms with E-state index in [1.165, 1.54) is 24.3 Å². The van der Waals surface area contributed by atoms with Crippen molar-refractivity contribution in [2.45, 2.75) is 11.7 Å². The molecule has 0 aromatic heterocycles. The lowest BCUT2D eigenvalue weighted by atomic mass is 9.78. The van der Waals surface area contributed by atoms with Crippen LogP contribution in [0.15, 0.2) is 84.9 Å². The van der Waals surface area contributed by atoms with Crippen molar-refractivity contribution in [1.82, 2.24) is 0 Å². The standard InChI is InChI=1S/C28H18FNO5/c29-17-11-13-18(14-12-17)30-26(33)22-21(15-10-16-6-2-1-3-7-16)35-28(23(22)27(30)34)24(31)19-8-4-5-9-20(19)25(28)32/h1-15,21-23H/b15-10+/t21-,22+,23-/m1/s1. The van der Waals surface area contributed by atoms with Crippen LogP contribution >= 0.6 is 0 Å². The van der Waals surface area contributed by atoms with Gasteiger partial charge in [-0.2, -0.15) is 0 Å². The molecule has 0 saturated carbocycles. The minimum absolute atomic E-state index is 0.171. The van der Waals surface area contributed by atoms with Gasteiger partial charge in [0.15, 0.2) is 0 Å². The number of nitrogens with zero attached hydrogens (tertiary/aromatic N) is 1. The normalized spacial score (nSPS) is 24.6. The second kappa shape index (κ2) is 7.65. The van der Waals surface area contributed by atoms with Crippen LogP contribution in [0.2, 0.25) is 0 Å². The first kappa shape index (κ1) is 21.3. The van der Waals surface area contributed by atoms with Crippen molar-refractivity contribution in [1.29, 1.82) is 0 Å². The lowest BCUT2D eigenvalue weighted by Gasteiger charge is -2.26. The molecular weight excluding hydrogens is 449 g/mol. The summed E-state index contributed by atoms with van der Waals surface area (Å²) in [5.74, 6) is -5.49. The van der Waals surface area contributed by atoms with Crippen LogP contribution in [-0.4, -0.2) is 35.1 Å². The third-order valence-electron chi connectivity index (χ3n) is 6.92. The molecule has 3 atom stereocenters. The van der Waals surface area contributed by atoms with E-state index in [0.717, 1.165) is 22.6 Å². The van der Waals surface area contributed by atoms with Crippen LogP contribution in [0.4, 0.5) is 10.1 Å². The van der Waals surface area contributed by atoms with E-state index in [2.05, 4.69) is 0 Å². The van der Waals surface area contributed by atoms with E-state index in [9.17, 15) is 23.6 Å². The number of Topliss-reactive ketones (excluding diaryl/α,β-unsaturated/α-hetero) is 2. The maximum Gasteiger partial charge on any atom is 0.241 e. The van der Waals surface area contributed by atoms with Crippen molar-refractivity contribution < 1.29 is 28.3 Å². The predicted molar refractivity (Wildman–Crippen MR) is 124 cm³/mol. The molecule has 3 aliphatic rings. The number of fused-ring (bicyclic) bond motifs is 3. The van der Waals surface area contributed by atoms with E-state index in [4.69, 9.17) is 4.74 Å². The number of anilines is 1. The van der Waals surface area contributed by atoms with Crippen molar-refractivity contribution in [2.24, 2.45) is 11.8 Å². The molecule has 35 heavy (non-hydrogen) atoms. The molecule has 6 rings (SSSR count). The van der Waals surface area contributed by atoms with Crippen molar-refractivity contribution >= 4 is 35.1 Å². The van der Waals surface area contributed by atoms with Crippen molar-refractivity contribution in [3.63, 3.8) is 0 Å². The Labute approximate surface area is 199 Å². The number of hydrogen-bond donors (Lipinski definition) is 0. The van der Waals surface area contributed by atoms with Gasteiger partial charge in [0, 0.05) is 11.1 Å². The Bertz CT molecular complexity index is 1390. The minimum Gasteiger partial charge on any atom is -0.350 e. The highest BCUT2D eigenvalue weighted by Crippen LogP contribution is 2.53. The molecule has 3 aromatic rings. The van der Waals surface area contributed by atoms with Gasteiger partial charge in [-0.3, -0.25) is 19.2 Å². The zero-order valence-corrected chi connectivity index (χ0v) is 18.3. The van der Waals surface area contributed by atoms with Gasteiger partial charge in [0.2, 0.25) is 29.0 Å². The van der Waals surface area contributed by atoms with Gasteiger partial charge in [0.05, 0.1) is 23.6 Å². The highest BCUT2D eigenvalue weighted by molar-refractivity contribution is 6.37. The smallest absolute Gasteiger partial charge is 0.241 e. The van der Waals surface area contributed by atoms with E-state index >= 15 is 0 Å². The number of carbonyl (C=O) groups excluding carboxylic acids is 4. The second-order valence-corrected chi connectivity index (χ2v) is 8.78. The molecule has 2 amide bonds. The summed E-state index contributed by atoms with van der Waals surface area (Å²) in [6, 6.07) is 20.5. The summed E-state index contributed by atoms with van der Waals surface area (Å²) >= 11 is 0. The van der Waals surface area contributed by atoms with Crippen LogP contribution in [0.3, 0.4) is 0 Å². The predicted octanol–water partition coefficient (Wildman–Crippen LogP) is 3.86. The number of carbonyl (C=O) groups is 4. The maximum atomic E-state index is 13.7. The van der Waals surface area contributed by atoms with Gasteiger partial charge >= 0.3 is 0 Å². The Morgan fingerprint density at radius 3 is 2.00 bits per heavy atom. The van der Waals surface area contributed by atoms with Gasteiger partial charge in [0.1, 0.15) is 5.82 Å². The molecule has 7 heteroatoms. The van der Waals surface area contributed by atoms with Gasteiger partial charge in [-0.15, -0.1) is 0 Å². The molecule has 2 heterocycles. The molecule has 0 unspecified atom stereocenters. The molecule has 172 valence electrons. The Morgan fingerprint density at radius 1 is 0.771 bits per heavy atom. The third kappa shape index (κ3) is 2.91. The molecule has 3 aromatic carbocycles. The van der Waals surface area contributed by atoms with E-state index in [0.29, 0.717) is 0 Å². The summed E-state index contributed by atoms with van der Waals surface area (Å²) in [5, 5.41) is 0. The fraction of sp³-hybridized carbons (Fsp3) is 0.143. The van der Waals surface area contributed by atoms with Gasteiger partial charge in [-0.05, 0) is 29.8 Å². The second-order valence-electron chi connectivity index (χ2n) is 8.78. The molecule has 1 spiro atoms. The van der Waals surface area contributed by atoms with Crippen LogP contribution in [0, 0.1) is 17.7 Å². The molecule has 0 radical (unpaired) electrons. The summed E-state index contributed by atoms with van der Waals surface area (Å²) in [4.78, 5) is 55.5. The Morgan fingerprint density at radius 2 is 1.37 bits per heavy atom. The average molecular weight is 467 g/mol. The number of ether oxygens (including phenoxy) is 1. The van der Waals surface area contributed by atoms with Crippen LogP contribution < -0.4 is 4.90 Å². The Balaban J connectivity index is 1.48. The first-order chi connectivity index (χ1) is 16.9. The number of ketones is 2. The van der Waals surface area contributed by atoms with Crippen LogP contribution in [0.5, 0.6) is 0 Å². The fourth-order valence-electron chi connectivity index (χ4n) is 5.36. The van der Waals surface area contributed by atoms with Gasteiger partial charge in [-0.1, -0.05) is 66.7 Å². The molecular formula is C28H18FNO5. The number of amides is 2. The molecule has 2 fully saturated rings. The van der Waals surface area contributed by atoms with E-state index in [1.54, 1.807) is 24.3 Å². The van der Waals surface area contributed by atoms with Crippen molar-refractivity contribution in [3.05, 3.63) is 107 Å². The molecule has 0 N–H and O–H groups in total. The Kier molecular flexibility index (Phi) is 4.66. The van der Waals surface area contributed by atoms with Gasteiger partial charge in [-0.25, -0.2) is 9.29 Å². The largest absolute Gasteiger partial charge is 0.350 e. The minimum atomic E-state index is -2.12.